The van der Waals surface area contributed by atoms with Crippen molar-refractivity contribution < 1.29 is 9.53 Å². The maximum Gasteiger partial charge on any atom is 0.334 e. The second-order valence-corrected chi connectivity index (χ2v) is 4.06. The van der Waals surface area contributed by atoms with Gasteiger partial charge in [0.25, 0.3) is 0 Å². The summed E-state index contributed by atoms with van der Waals surface area (Å²) >= 11 is 0. The predicted molar refractivity (Wildman–Crippen MR) is 57.0 cm³/mol. The minimum atomic E-state index is -0.178. The van der Waals surface area contributed by atoms with Crippen molar-refractivity contribution in [2.24, 2.45) is 0 Å². The zero-order valence-corrected chi connectivity index (χ0v) is 9.43. The van der Waals surface area contributed by atoms with E-state index in [1.165, 1.54) is 0 Å². The number of esters is 1. The number of allylic oxidation sites excluding steroid dienone is 1. The van der Waals surface area contributed by atoms with E-state index in [1.807, 2.05) is 13.0 Å². The van der Waals surface area contributed by atoms with Crippen LogP contribution in [0.5, 0.6) is 0 Å². The van der Waals surface area contributed by atoms with E-state index in [0.29, 0.717) is 0 Å². The maximum absolute atomic E-state index is 11.5. The quantitative estimate of drug-likeness (QED) is 0.509. The third-order valence-corrected chi connectivity index (χ3v) is 2.84. The van der Waals surface area contributed by atoms with Crippen LogP contribution in [0.4, 0.5) is 0 Å². The first kappa shape index (κ1) is 11.3. The normalized spacial score (nSPS) is 22.8. The van der Waals surface area contributed by atoms with Crippen LogP contribution in [0.15, 0.2) is 11.6 Å². The van der Waals surface area contributed by atoms with Gasteiger partial charge in [0.1, 0.15) is 5.60 Å². The summed E-state index contributed by atoms with van der Waals surface area (Å²) in [4.78, 5) is 11.5. The molecule has 0 aliphatic carbocycles. The molecule has 0 saturated carbocycles. The number of ether oxygens (including phenoxy) is 1. The van der Waals surface area contributed by atoms with E-state index in [0.717, 1.165) is 37.7 Å². The molecular weight excluding hydrogens is 176 g/mol. The Hall–Kier alpha value is -0.790. The maximum atomic E-state index is 11.5. The Morgan fingerprint density at radius 3 is 2.29 bits per heavy atom. The predicted octanol–water partition coefficient (Wildman–Crippen LogP) is 3.22. The van der Waals surface area contributed by atoms with E-state index < -0.39 is 0 Å². The highest BCUT2D eigenvalue weighted by Gasteiger charge is 2.41. The van der Waals surface area contributed by atoms with Gasteiger partial charge in [-0.25, -0.2) is 4.79 Å². The molecule has 0 unspecified atom stereocenters. The van der Waals surface area contributed by atoms with Crippen molar-refractivity contribution in [3.63, 3.8) is 0 Å². The zero-order chi connectivity index (χ0) is 10.6. The zero-order valence-electron chi connectivity index (χ0n) is 9.43. The SMILES string of the molecule is C/C=C1\CC(CCC)(CCC)OC1=O. The highest BCUT2D eigenvalue weighted by Crippen LogP contribution is 2.38. The monoisotopic (exact) mass is 196 g/mol. The smallest absolute Gasteiger partial charge is 0.334 e. The summed E-state index contributed by atoms with van der Waals surface area (Å²) in [6, 6.07) is 0. The molecule has 14 heavy (non-hydrogen) atoms. The molecule has 0 radical (unpaired) electrons. The molecule has 0 atom stereocenters. The van der Waals surface area contributed by atoms with Crippen LogP contribution in [0.2, 0.25) is 0 Å². The molecule has 80 valence electrons. The molecule has 0 bridgehead atoms. The van der Waals surface area contributed by atoms with Gasteiger partial charge in [0, 0.05) is 12.0 Å². The van der Waals surface area contributed by atoms with Crippen LogP contribution in [0.25, 0.3) is 0 Å². The van der Waals surface area contributed by atoms with E-state index in [9.17, 15) is 4.79 Å². The van der Waals surface area contributed by atoms with Crippen molar-refractivity contribution in [1.29, 1.82) is 0 Å². The van der Waals surface area contributed by atoms with Gasteiger partial charge in [0.05, 0.1) is 0 Å². The molecule has 2 heteroatoms. The third-order valence-electron chi connectivity index (χ3n) is 2.84. The Morgan fingerprint density at radius 1 is 1.36 bits per heavy atom. The summed E-state index contributed by atoms with van der Waals surface area (Å²) in [6.45, 7) is 6.18. The van der Waals surface area contributed by atoms with Gasteiger partial charge in [-0.05, 0) is 19.8 Å². The summed E-state index contributed by atoms with van der Waals surface area (Å²) in [5.41, 5.74) is 0.675. The number of cyclic esters (lactones) is 1. The van der Waals surface area contributed by atoms with Crippen molar-refractivity contribution in [3.05, 3.63) is 11.6 Å². The number of carbonyl (C=O) groups excluding carboxylic acids is 1. The van der Waals surface area contributed by atoms with Crippen LogP contribution in [-0.2, 0) is 9.53 Å². The van der Waals surface area contributed by atoms with E-state index >= 15 is 0 Å². The van der Waals surface area contributed by atoms with Crippen LogP contribution in [0, 0.1) is 0 Å². The molecule has 0 aromatic heterocycles. The summed E-state index contributed by atoms with van der Waals surface area (Å²) < 4.78 is 5.53. The van der Waals surface area contributed by atoms with Gasteiger partial charge in [0.15, 0.2) is 0 Å². The third kappa shape index (κ3) is 2.17. The van der Waals surface area contributed by atoms with Crippen LogP contribution in [-0.4, -0.2) is 11.6 Å². The molecule has 1 heterocycles. The van der Waals surface area contributed by atoms with E-state index in [1.54, 1.807) is 0 Å². The van der Waals surface area contributed by atoms with Gasteiger partial charge < -0.3 is 4.74 Å². The Bertz CT molecular complexity index is 235. The number of rotatable bonds is 4. The number of hydrogen-bond acceptors (Lipinski definition) is 2. The topological polar surface area (TPSA) is 26.3 Å². The van der Waals surface area contributed by atoms with Gasteiger partial charge >= 0.3 is 5.97 Å². The molecule has 1 fully saturated rings. The first-order valence-corrected chi connectivity index (χ1v) is 5.56. The molecule has 1 aliphatic heterocycles. The van der Waals surface area contributed by atoms with Crippen LogP contribution < -0.4 is 0 Å². The lowest BCUT2D eigenvalue weighted by Gasteiger charge is -2.26. The molecule has 0 aromatic rings. The summed E-state index contributed by atoms with van der Waals surface area (Å²) in [7, 11) is 0. The number of hydrogen-bond donors (Lipinski definition) is 0. The Kier molecular flexibility index (Phi) is 3.73. The fourth-order valence-corrected chi connectivity index (χ4v) is 2.25. The fraction of sp³-hybridized carbons (Fsp3) is 0.750. The lowest BCUT2D eigenvalue weighted by Crippen LogP contribution is -2.27. The average Bonchev–Trinajstić information content (AvgIpc) is 2.44. The van der Waals surface area contributed by atoms with Crippen LogP contribution in [0.1, 0.15) is 52.9 Å². The van der Waals surface area contributed by atoms with Gasteiger partial charge in [-0.1, -0.05) is 32.8 Å². The second kappa shape index (κ2) is 4.63. The molecule has 0 spiro atoms. The van der Waals surface area contributed by atoms with Crippen molar-refractivity contribution in [3.8, 4) is 0 Å². The molecule has 0 N–H and O–H groups in total. The van der Waals surface area contributed by atoms with E-state index in [4.69, 9.17) is 4.74 Å². The number of carbonyl (C=O) groups is 1. The van der Waals surface area contributed by atoms with E-state index in [2.05, 4.69) is 13.8 Å². The Balaban J connectivity index is 2.77. The van der Waals surface area contributed by atoms with Crippen LogP contribution >= 0.6 is 0 Å². The standard InChI is InChI=1S/C12H20O2/c1-4-7-12(8-5-2)9-10(6-3)11(13)14-12/h6H,4-5,7-9H2,1-3H3/b10-6+. The van der Waals surface area contributed by atoms with Gasteiger partial charge in [-0.3, -0.25) is 0 Å². The minimum Gasteiger partial charge on any atom is -0.455 e. The lowest BCUT2D eigenvalue weighted by atomic mass is 9.88. The van der Waals surface area contributed by atoms with Crippen molar-refractivity contribution in [1.82, 2.24) is 0 Å². The van der Waals surface area contributed by atoms with Gasteiger partial charge in [-0.2, -0.15) is 0 Å². The Morgan fingerprint density at radius 2 is 1.93 bits per heavy atom. The van der Waals surface area contributed by atoms with Gasteiger partial charge in [-0.15, -0.1) is 0 Å². The highest BCUT2D eigenvalue weighted by atomic mass is 16.6. The van der Waals surface area contributed by atoms with Gasteiger partial charge in [0.2, 0.25) is 0 Å². The largest absolute Gasteiger partial charge is 0.455 e. The summed E-state index contributed by atoms with van der Waals surface area (Å²) in [5, 5.41) is 0. The second-order valence-electron chi connectivity index (χ2n) is 4.06. The molecule has 1 aliphatic rings. The first-order valence-electron chi connectivity index (χ1n) is 5.56. The molecule has 0 amide bonds. The minimum absolute atomic E-state index is 0.102. The van der Waals surface area contributed by atoms with Crippen LogP contribution in [0.3, 0.4) is 0 Å². The first-order chi connectivity index (χ1) is 6.67. The van der Waals surface area contributed by atoms with Crippen molar-refractivity contribution in [2.75, 3.05) is 0 Å². The summed E-state index contributed by atoms with van der Waals surface area (Å²) in [6.07, 6.45) is 6.82. The molecule has 0 aromatic carbocycles. The Labute approximate surface area is 86.3 Å². The highest BCUT2D eigenvalue weighted by molar-refractivity contribution is 5.91. The van der Waals surface area contributed by atoms with Crippen molar-refractivity contribution >= 4 is 5.97 Å². The van der Waals surface area contributed by atoms with Crippen molar-refractivity contribution in [2.45, 2.75) is 58.5 Å². The summed E-state index contributed by atoms with van der Waals surface area (Å²) in [5.74, 6) is -0.102. The molecule has 2 nitrogen and oxygen atoms in total. The average molecular weight is 196 g/mol. The van der Waals surface area contributed by atoms with E-state index in [-0.39, 0.29) is 11.6 Å². The lowest BCUT2D eigenvalue weighted by molar-refractivity contribution is -0.147. The molecular formula is C12H20O2. The molecule has 1 saturated heterocycles. The molecule has 1 rings (SSSR count). The fourth-order valence-electron chi connectivity index (χ4n) is 2.25.